The van der Waals surface area contributed by atoms with Crippen molar-refractivity contribution in [3.63, 3.8) is 0 Å². The van der Waals surface area contributed by atoms with Gasteiger partial charge in [0, 0.05) is 17.5 Å². The molecule has 0 radical (unpaired) electrons. The van der Waals surface area contributed by atoms with Crippen LogP contribution in [0.25, 0.3) is 27.8 Å². The van der Waals surface area contributed by atoms with Gasteiger partial charge < -0.3 is 29.3 Å². The molecule has 0 amide bonds. The highest BCUT2D eigenvalue weighted by atomic mass is 16.6. The van der Waals surface area contributed by atoms with Crippen LogP contribution in [0.15, 0.2) is 39.2 Å². The number of fused-ring (bicyclic) bond motifs is 5. The van der Waals surface area contributed by atoms with Crippen molar-refractivity contribution < 1.29 is 38.9 Å². The van der Waals surface area contributed by atoms with Gasteiger partial charge >= 0.3 is 11.6 Å². The molecule has 168 valence electrons. The number of phenols is 1. The number of ether oxygens (including phenoxy) is 2. The van der Waals surface area contributed by atoms with E-state index in [1.54, 1.807) is 18.2 Å². The monoisotopic (exact) mass is 451 g/mol. The molecule has 2 aromatic carbocycles. The van der Waals surface area contributed by atoms with Crippen molar-refractivity contribution in [2.24, 2.45) is 0 Å². The van der Waals surface area contributed by atoms with Crippen molar-refractivity contribution in [1.82, 2.24) is 4.74 Å². The standard InChI is InChI=1S/C23H17NO9/c1-31-22(30)23-14(27)6-5-12(25)17(23)19(28)16-13(26)7-9-8-24-18-10(15(9)20(16)32-23)3-2-4-11(18)21(29)33-24/h2-4,7,14,26-28H,5-6,8H2,1H3/t14-,23-/m0/s1. The average molecular weight is 451 g/mol. The number of hydrogen-bond donors (Lipinski definition) is 3. The minimum Gasteiger partial charge on any atom is -0.507 e. The quantitative estimate of drug-likeness (QED) is 0.367. The zero-order valence-electron chi connectivity index (χ0n) is 17.2. The van der Waals surface area contributed by atoms with Crippen molar-refractivity contribution in [3.8, 4) is 22.6 Å². The summed E-state index contributed by atoms with van der Waals surface area (Å²) in [5, 5.41) is 33.1. The molecule has 1 fully saturated rings. The van der Waals surface area contributed by atoms with Gasteiger partial charge in [-0.1, -0.05) is 12.1 Å². The van der Waals surface area contributed by atoms with Gasteiger partial charge in [0.1, 0.15) is 28.9 Å². The van der Waals surface area contributed by atoms with E-state index in [-0.39, 0.29) is 30.7 Å². The van der Waals surface area contributed by atoms with E-state index in [4.69, 9.17) is 14.0 Å². The number of aliphatic hydroxyl groups is 2. The largest absolute Gasteiger partial charge is 0.507 e. The van der Waals surface area contributed by atoms with Crippen molar-refractivity contribution in [3.05, 3.63) is 51.4 Å². The molecule has 3 N–H and O–H groups in total. The third-order valence-electron chi connectivity index (χ3n) is 6.61. The first-order valence-electron chi connectivity index (χ1n) is 10.2. The highest BCUT2D eigenvalue weighted by Gasteiger charge is 2.61. The number of carbonyl (C=O) groups is 2. The zero-order chi connectivity index (χ0) is 23.2. The summed E-state index contributed by atoms with van der Waals surface area (Å²) in [5.74, 6) is -2.81. The van der Waals surface area contributed by atoms with Crippen LogP contribution in [0.1, 0.15) is 24.0 Å². The molecule has 3 aromatic rings. The number of esters is 1. The second-order valence-corrected chi connectivity index (χ2v) is 8.28. The van der Waals surface area contributed by atoms with Crippen LogP contribution in [0.3, 0.4) is 0 Å². The highest BCUT2D eigenvalue weighted by Crippen LogP contribution is 2.54. The lowest BCUT2D eigenvalue weighted by atomic mass is 9.73. The first kappa shape index (κ1) is 19.6. The molecule has 1 aliphatic carbocycles. The molecule has 1 aromatic heterocycles. The molecule has 2 aliphatic heterocycles. The Morgan fingerprint density at radius 2 is 2.03 bits per heavy atom. The third-order valence-corrected chi connectivity index (χ3v) is 6.61. The van der Waals surface area contributed by atoms with E-state index in [1.807, 2.05) is 0 Å². The fourth-order valence-corrected chi connectivity index (χ4v) is 5.20. The first-order valence-corrected chi connectivity index (χ1v) is 10.2. The van der Waals surface area contributed by atoms with E-state index in [9.17, 15) is 29.7 Å². The number of rotatable bonds is 1. The number of aliphatic hydroxyl groups excluding tert-OH is 2. The Hall–Kier alpha value is -4.05. The van der Waals surface area contributed by atoms with Gasteiger partial charge in [-0.25, -0.2) is 14.3 Å². The number of methoxy groups -OCH3 is 1. The smallest absolute Gasteiger partial charge is 0.365 e. The minimum absolute atomic E-state index is 0.0688. The normalized spacial score (nSPS) is 23.0. The number of para-hydroxylation sites is 1. The van der Waals surface area contributed by atoms with Crippen molar-refractivity contribution in [2.75, 3.05) is 7.11 Å². The van der Waals surface area contributed by atoms with Crippen LogP contribution in [-0.2, 0) is 20.9 Å². The lowest BCUT2D eigenvalue weighted by molar-refractivity contribution is -0.169. The third kappa shape index (κ3) is 2.23. The molecule has 0 bridgehead atoms. The molecular formula is C23H17NO9. The number of aromatic hydroxyl groups is 1. The number of aromatic nitrogens is 1. The molecule has 0 saturated heterocycles. The molecule has 1 saturated carbocycles. The van der Waals surface area contributed by atoms with Gasteiger partial charge in [-0.15, -0.1) is 0 Å². The van der Waals surface area contributed by atoms with Crippen LogP contribution < -0.4 is 10.4 Å². The van der Waals surface area contributed by atoms with Gasteiger partial charge in [0.05, 0.1) is 30.1 Å². The second kappa shape index (κ2) is 6.26. The van der Waals surface area contributed by atoms with Crippen LogP contribution in [0.4, 0.5) is 0 Å². The molecule has 6 rings (SSSR count). The van der Waals surface area contributed by atoms with Gasteiger partial charge in [-0.3, -0.25) is 4.79 Å². The van der Waals surface area contributed by atoms with Gasteiger partial charge in [0.2, 0.25) is 0 Å². The zero-order valence-corrected chi connectivity index (χ0v) is 17.2. The number of benzene rings is 2. The number of hydrogen-bond acceptors (Lipinski definition) is 9. The van der Waals surface area contributed by atoms with E-state index in [0.717, 1.165) is 7.11 Å². The summed E-state index contributed by atoms with van der Waals surface area (Å²) in [6, 6.07) is 6.34. The molecule has 33 heavy (non-hydrogen) atoms. The maximum Gasteiger partial charge on any atom is 0.365 e. The second-order valence-electron chi connectivity index (χ2n) is 8.28. The lowest BCUT2D eigenvalue weighted by Gasteiger charge is -2.43. The Balaban J connectivity index is 1.74. The summed E-state index contributed by atoms with van der Waals surface area (Å²) in [4.78, 5) is 38.0. The predicted molar refractivity (Wildman–Crippen MR) is 112 cm³/mol. The number of nitrogens with zero attached hydrogens (tertiary/aromatic N) is 1. The molecule has 10 nitrogen and oxygen atoms in total. The predicted octanol–water partition coefficient (Wildman–Crippen LogP) is 1.63. The van der Waals surface area contributed by atoms with Gasteiger partial charge in [-0.2, -0.15) is 0 Å². The van der Waals surface area contributed by atoms with Crippen LogP contribution in [0, 0.1) is 0 Å². The summed E-state index contributed by atoms with van der Waals surface area (Å²) >= 11 is 0. The summed E-state index contributed by atoms with van der Waals surface area (Å²) in [5.41, 5.74) is -1.61. The Morgan fingerprint density at radius 3 is 2.79 bits per heavy atom. The van der Waals surface area contributed by atoms with Crippen molar-refractivity contribution in [2.45, 2.75) is 31.1 Å². The maximum absolute atomic E-state index is 13.0. The molecular weight excluding hydrogens is 434 g/mol. The van der Waals surface area contributed by atoms with E-state index in [2.05, 4.69) is 0 Å². The lowest BCUT2D eigenvalue weighted by Crippen LogP contribution is -2.61. The Labute approximate surface area is 184 Å². The topological polar surface area (TPSA) is 148 Å². The summed E-state index contributed by atoms with van der Waals surface area (Å²) in [6.45, 7) is 0.0688. The Bertz CT molecular complexity index is 1510. The van der Waals surface area contributed by atoms with E-state index in [0.29, 0.717) is 27.6 Å². The minimum atomic E-state index is -2.30. The number of phenolic OH excluding ortho intramolecular Hbond substituents is 1. The van der Waals surface area contributed by atoms with Crippen molar-refractivity contribution >= 4 is 28.4 Å². The van der Waals surface area contributed by atoms with E-state index >= 15 is 0 Å². The highest BCUT2D eigenvalue weighted by molar-refractivity contribution is 6.13. The number of ketones is 1. The van der Waals surface area contributed by atoms with Crippen molar-refractivity contribution in [1.29, 1.82) is 0 Å². The Kier molecular flexibility index (Phi) is 3.72. The van der Waals surface area contributed by atoms with Crippen LogP contribution in [0.2, 0.25) is 0 Å². The average Bonchev–Trinajstić information content (AvgIpc) is 3.11. The summed E-state index contributed by atoms with van der Waals surface area (Å²) < 4.78 is 17.7. The molecule has 0 unspecified atom stereocenters. The summed E-state index contributed by atoms with van der Waals surface area (Å²) in [6.07, 6.45) is -1.69. The van der Waals surface area contributed by atoms with Gasteiger partial charge in [0.15, 0.2) is 5.78 Å². The Morgan fingerprint density at radius 1 is 1.24 bits per heavy atom. The van der Waals surface area contributed by atoms with Gasteiger partial charge in [-0.05, 0) is 24.1 Å². The van der Waals surface area contributed by atoms with E-state index < -0.39 is 46.2 Å². The van der Waals surface area contributed by atoms with Crippen LogP contribution in [-0.4, -0.2) is 50.6 Å². The first-order chi connectivity index (χ1) is 15.8. The molecule has 3 aliphatic rings. The maximum atomic E-state index is 13.0. The van der Waals surface area contributed by atoms with Crippen LogP contribution >= 0.6 is 0 Å². The summed E-state index contributed by atoms with van der Waals surface area (Å²) in [7, 11) is 1.08. The number of Topliss-reactive ketones (excluding diaryl/α,β-unsaturated/α-hetero) is 1. The number of carbonyl (C=O) groups excluding carboxylic acids is 2. The van der Waals surface area contributed by atoms with E-state index in [1.165, 1.54) is 10.8 Å². The fourth-order valence-electron chi connectivity index (χ4n) is 5.20. The molecule has 0 spiro atoms. The molecule has 3 heterocycles. The molecule has 10 heteroatoms. The molecule has 2 atom stereocenters. The van der Waals surface area contributed by atoms with Gasteiger partial charge in [0.25, 0.3) is 5.60 Å². The fraction of sp³-hybridized carbons (Fsp3) is 0.261. The van der Waals surface area contributed by atoms with Crippen LogP contribution in [0.5, 0.6) is 11.5 Å². The SMILES string of the molecule is COC(=O)[C@@]12Oc3c(c(O)cc4c3-c3cccc5c(=O)on(c35)C4)C(O)=C1C(=O)CC[C@@H]2O.